The summed E-state index contributed by atoms with van der Waals surface area (Å²) < 4.78 is 10.9. The number of amides is 1. The minimum absolute atomic E-state index is 0.100. The molecule has 1 fully saturated rings. The van der Waals surface area contributed by atoms with Crippen LogP contribution in [-0.4, -0.2) is 44.2 Å². The minimum atomic E-state index is -0.100. The first-order valence-electron chi connectivity index (χ1n) is 9.61. The maximum atomic E-state index is 12.7. The lowest BCUT2D eigenvalue weighted by atomic mass is 10.1. The Balaban J connectivity index is 1.70. The van der Waals surface area contributed by atoms with Crippen molar-refractivity contribution >= 4 is 5.91 Å². The number of nitrogens with one attached hydrogen (secondary N) is 1. The molecule has 0 spiro atoms. The van der Waals surface area contributed by atoms with Gasteiger partial charge in [0, 0.05) is 12.1 Å². The minimum Gasteiger partial charge on any atom is -0.493 e. The average Bonchev–Trinajstić information content (AvgIpc) is 3.24. The molecule has 0 aromatic heterocycles. The van der Waals surface area contributed by atoms with Crippen LogP contribution in [0.3, 0.4) is 0 Å². The van der Waals surface area contributed by atoms with E-state index in [0.717, 1.165) is 13.1 Å². The van der Waals surface area contributed by atoms with E-state index in [-0.39, 0.29) is 11.9 Å². The molecule has 1 aliphatic heterocycles. The van der Waals surface area contributed by atoms with Crippen LogP contribution >= 0.6 is 0 Å². The lowest BCUT2D eigenvalue weighted by Gasteiger charge is -2.28. The van der Waals surface area contributed by atoms with Crippen LogP contribution in [0.2, 0.25) is 0 Å². The average molecular weight is 368 g/mol. The van der Waals surface area contributed by atoms with Gasteiger partial charge in [-0.15, -0.1) is 0 Å². The van der Waals surface area contributed by atoms with Crippen molar-refractivity contribution in [3.8, 4) is 11.5 Å². The van der Waals surface area contributed by atoms with Crippen LogP contribution in [0.4, 0.5) is 0 Å². The van der Waals surface area contributed by atoms with E-state index in [1.807, 2.05) is 13.0 Å². The van der Waals surface area contributed by atoms with E-state index in [0.29, 0.717) is 30.2 Å². The maximum Gasteiger partial charge on any atom is 0.251 e. The van der Waals surface area contributed by atoms with Crippen LogP contribution in [0.1, 0.15) is 41.7 Å². The van der Waals surface area contributed by atoms with Crippen LogP contribution < -0.4 is 14.8 Å². The monoisotopic (exact) mass is 368 g/mol. The Morgan fingerprint density at radius 3 is 2.52 bits per heavy atom. The van der Waals surface area contributed by atoms with Crippen LogP contribution in [0.15, 0.2) is 48.5 Å². The number of nitrogens with zero attached hydrogens (tertiary/aromatic N) is 1. The smallest absolute Gasteiger partial charge is 0.251 e. The Hall–Kier alpha value is -2.53. The SMILES string of the molecule is CCOc1ccc(C(=O)NC[C@H](c2ccccc2)N2CCCC2)cc1OC. The zero-order valence-corrected chi connectivity index (χ0v) is 16.1. The fourth-order valence-corrected chi connectivity index (χ4v) is 3.56. The molecule has 27 heavy (non-hydrogen) atoms. The summed E-state index contributed by atoms with van der Waals surface area (Å²) in [6.07, 6.45) is 2.43. The molecule has 0 aliphatic carbocycles. The van der Waals surface area contributed by atoms with E-state index >= 15 is 0 Å². The highest BCUT2D eigenvalue weighted by molar-refractivity contribution is 5.94. The van der Waals surface area contributed by atoms with Crippen LogP contribution in [0, 0.1) is 0 Å². The fourth-order valence-electron chi connectivity index (χ4n) is 3.56. The number of benzene rings is 2. The van der Waals surface area contributed by atoms with Crippen molar-refractivity contribution in [1.29, 1.82) is 0 Å². The number of ether oxygens (including phenoxy) is 2. The van der Waals surface area contributed by atoms with E-state index in [1.165, 1.54) is 18.4 Å². The zero-order valence-electron chi connectivity index (χ0n) is 16.1. The highest BCUT2D eigenvalue weighted by Crippen LogP contribution is 2.28. The van der Waals surface area contributed by atoms with Gasteiger partial charge >= 0.3 is 0 Å². The number of carbonyl (C=O) groups excluding carboxylic acids is 1. The van der Waals surface area contributed by atoms with Gasteiger partial charge in [0.05, 0.1) is 19.8 Å². The summed E-state index contributed by atoms with van der Waals surface area (Å²) in [7, 11) is 1.58. The van der Waals surface area contributed by atoms with Gasteiger partial charge in [-0.3, -0.25) is 9.69 Å². The standard InChI is InChI=1S/C22H28N2O3/c1-3-27-20-12-11-18(15-21(20)26-2)22(25)23-16-19(24-13-7-8-14-24)17-9-5-4-6-10-17/h4-6,9-12,15,19H,3,7-8,13-14,16H2,1-2H3,(H,23,25)/t19-/m1/s1. The van der Waals surface area contributed by atoms with Gasteiger partial charge in [-0.05, 0) is 56.6 Å². The molecule has 3 rings (SSSR count). The molecule has 5 heteroatoms. The van der Waals surface area contributed by atoms with Crippen LogP contribution in [0.25, 0.3) is 0 Å². The lowest BCUT2D eigenvalue weighted by molar-refractivity contribution is 0.0937. The highest BCUT2D eigenvalue weighted by Gasteiger charge is 2.24. The summed E-state index contributed by atoms with van der Waals surface area (Å²) in [5.74, 6) is 1.12. The van der Waals surface area contributed by atoms with Gasteiger partial charge in [-0.25, -0.2) is 0 Å². The summed E-state index contributed by atoms with van der Waals surface area (Å²) >= 11 is 0. The third-order valence-electron chi connectivity index (χ3n) is 4.95. The van der Waals surface area contributed by atoms with Crippen molar-refractivity contribution in [2.45, 2.75) is 25.8 Å². The van der Waals surface area contributed by atoms with Gasteiger partial charge in [-0.2, -0.15) is 0 Å². The van der Waals surface area contributed by atoms with Crippen molar-refractivity contribution in [1.82, 2.24) is 10.2 Å². The van der Waals surface area contributed by atoms with Crippen molar-refractivity contribution in [2.24, 2.45) is 0 Å². The first-order valence-corrected chi connectivity index (χ1v) is 9.61. The van der Waals surface area contributed by atoms with Crippen molar-refractivity contribution in [3.63, 3.8) is 0 Å². The van der Waals surface area contributed by atoms with E-state index in [4.69, 9.17) is 9.47 Å². The Bertz CT molecular complexity index is 742. The molecule has 1 saturated heterocycles. The second-order valence-corrected chi connectivity index (χ2v) is 6.68. The second-order valence-electron chi connectivity index (χ2n) is 6.68. The van der Waals surface area contributed by atoms with E-state index in [9.17, 15) is 4.79 Å². The summed E-state index contributed by atoms with van der Waals surface area (Å²) in [6, 6.07) is 15.9. The first-order chi connectivity index (χ1) is 13.2. The molecule has 0 unspecified atom stereocenters. The number of likely N-dealkylation sites (tertiary alicyclic amines) is 1. The molecule has 1 aliphatic rings. The Morgan fingerprint density at radius 2 is 1.85 bits per heavy atom. The molecule has 1 atom stereocenters. The Labute approximate surface area is 161 Å². The normalized spacial score (nSPS) is 15.3. The molecule has 144 valence electrons. The van der Waals surface area contributed by atoms with Gasteiger partial charge in [-0.1, -0.05) is 30.3 Å². The third-order valence-corrected chi connectivity index (χ3v) is 4.95. The van der Waals surface area contributed by atoms with E-state index < -0.39 is 0 Å². The number of methoxy groups -OCH3 is 1. The topological polar surface area (TPSA) is 50.8 Å². The molecule has 1 amide bonds. The molecule has 1 N–H and O–H groups in total. The third kappa shape index (κ3) is 4.80. The van der Waals surface area contributed by atoms with Gasteiger partial charge < -0.3 is 14.8 Å². The van der Waals surface area contributed by atoms with Gasteiger partial charge in [0.25, 0.3) is 5.91 Å². The maximum absolute atomic E-state index is 12.7. The molecule has 0 radical (unpaired) electrons. The molecule has 2 aromatic carbocycles. The lowest BCUT2D eigenvalue weighted by Crippen LogP contribution is -2.36. The first kappa shape index (κ1) is 19.2. The predicted octanol–water partition coefficient (Wildman–Crippen LogP) is 3.66. The van der Waals surface area contributed by atoms with Crippen LogP contribution in [-0.2, 0) is 0 Å². The molecule has 0 bridgehead atoms. The fraction of sp³-hybridized carbons (Fsp3) is 0.409. The summed E-state index contributed by atoms with van der Waals surface area (Å²) in [6.45, 7) is 5.20. The molecular formula is C22H28N2O3. The molecular weight excluding hydrogens is 340 g/mol. The highest BCUT2D eigenvalue weighted by atomic mass is 16.5. The summed E-state index contributed by atoms with van der Waals surface area (Å²) in [5, 5.41) is 3.10. The van der Waals surface area contributed by atoms with Crippen molar-refractivity contribution < 1.29 is 14.3 Å². The van der Waals surface area contributed by atoms with Gasteiger partial charge in [0.2, 0.25) is 0 Å². The van der Waals surface area contributed by atoms with Crippen molar-refractivity contribution in [2.75, 3.05) is 33.4 Å². The predicted molar refractivity (Wildman–Crippen MR) is 106 cm³/mol. The number of hydrogen-bond donors (Lipinski definition) is 1. The number of hydrogen-bond acceptors (Lipinski definition) is 4. The number of carbonyl (C=O) groups is 1. The summed E-state index contributed by atoms with van der Waals surface area (Å²) in [5.41, 5.74) is 1.81. The largest absolute Gasteiger partial charge is 0.493 e. The molecule has 0 saturated carbocycles. The number of rotatable bonds is 8. The molecule has 5 nitrogen and oxygen atoms in total. The molecule has 1 heterocycles. The zero-order chi connectivity index (χ0) is 19.1. The second kappa shape index (κ2) is 9.42. The Morgan fingerprint density at radius 1 is 1.11 bits per heavy atom. The Kier molecular flexibility index (Phi) is 6.71. The van der Waals surface area contributed by atoms with E-state index in [2.05, 4.69) is 34.5 Å². The molecule has 2 aromatic rings. The summed E-state index contributed by atoms with van der Waals surface area (Å²) in [4.78, 5) is 15.2. The van der Waals surface area contributed by atoms with Gasteiger partial charge in [0.1, 0.15) is 0 Å². The quantitative estimate of drug-likeness (QED) is 0.773. The van der Waals surface area contributed by atoms with Crippen LogP contribution in [0.5, 0.6) is 11.5 Å². The van der Waals surface area contributed by atoms with Crippen molar-refractivity contribution in [3.05, 3.63) is 59.7 Å². The van der Waals surface area contributed by atoms with Gasteiger partial charge in [0.15, 0.2) is 11.5 Å². The van der Waals surface area contributed by atoms with E-state index in [1.54, 1.807) is 25.3 Å².